The van der Waals surface area contributed by atoms with Gasteiger partial charge in [0.1, 0.15) is 5.75 Å². The first-order valence-corrected chi connectivity index (χ1v) is 8.29. The normalized spacial score (nSPS) is 10.5. The number of halogens is 1. The summed E-state index contributed by atoms with van der Waals surface area (Å²) >= 11 is 3.47. The van der Waals surface area contributed by atoms with Gasteiger partial charge in [-0.05, 0) is 25.0 Å². The topological polar surface area (TPSA) is 9.23 Å². The first-order chi connectivity index (χ1) is 8.93. The molecule has 1 nitrogen and oxygen atoms in total. The lowest BCUT2D eigenvalue weighted by molar-refractivity contribution is 0.304. The van der Waals surface area contributed by atoms with Crippen molar-refractivity contribution in [1.29, 1.82) is 0 Å². The molecule has 0 N–H and O–H groups in total. The fourth-order valence-electron chi connectivity index (χ4n) is 1.96. The Labute approximate surface area is 120 Å². The van der Waals surface area contributed by atoms with Gasteiger partial charge in [-0.3, -0.25) is 0 Å². The molecule has 0 atom stereocenters. The van der Waals surface area contributed by atoms with Gasteiger partial charge >= 0.3 is 0 Å². The second-order valence-electron chi connectivity index (χ2n) is 4.68. The molecule has 102 valence electrons. The van der Waals surface area contributed by atoms with Gasteiger partial charge in [0.15, 0.2) is 0 Å². The third kappa shape index (κ3) is 8.57. The average Bonchev–Trinajstić information content (AvgIpc) is 2.42. The summed E-state index contributed by atoms with van der Waals surface area (Å²) in [7, 11) is 0. The van der Waals surface area contributed by atoms with Crippen LogP contribution < -0.4 is 4.74 Å². The van der Waals surface area contributed by atoms with E-state index >= 15 is 0 Å². The highest BCUT2D eigenvalue weighted by atomic mass is 79.9. The summed E-state index contributed by atoms with van der Waals surface area (Å²) in [5.41, 5.74) is 0. The molecule has 1 aromatic rings. The van der Waals surface area contributed by atoms with Gasteiger partial charge in [0.05, 0.1) is 6.61 Å². The van der Waals surface area contributed by atoms with Crippen LogP contribution in [-0.2, 0) is 0 Å². The van der Waals surface area contributed by atoms with E-state index in [0.29, 0.717) is 0 Å². The van der Waals surface area contributed by atoms with Gasteiger partial charge in [0, 0.05) is 5.33 Å². The van der Waals surface area contributed by atoms with Crippen molar-refractivity contribution < 1.29 is 4.74 Å². The number of unbranched alkanes of at least 4 members (excludes halogenated alkanes) is 7. The number of rotatable bonds is 11. The predicted octanol–water partition coefficient (Wildman–Crippen LogP) is 5.58. The molecule has 0 radical (unpaired) electrons. The second-order valence-corrected chi connectivity index (χ2v) is 5.47. The molecule has 0 spiro atoms. The Morgan fingerprint density at radius 2 is 1.28 bits per heavy atom. The summed E-state index contributed by atoms with van der Waals surface area (Å²) in [6, 6.07) is 10.1. The van der Waals surface area contributed by atoms with Crippen molar-refractivity contribution >= 4 is 15.9 Å². The lowest BCUT2D eigenvalue weighted by Gasteiger charge is -2.05. The van der Waals surface area contributed by atoms with E-state index in [0.717, 1.165) is 17.7 Å². The van der Waals surface area contributed by atoms with Crippen molar-refractivity contribution in [2.45, 2.75) is 51.4 Å². The van der Waals surface area contributed by atoms with Gasteiger partial charge in [-0.2, -0.15) is 0 Å². The van der Waals surface area contributed by atoms with Crippen molar-refractivity contribution in [3.8, 4) is 5.75 Å². The van der Waals surface area contributed by atoms with Crippen LogP contribution in [0.4, 0.5) is 0 Å². The molecule has 0 aromatic heterocycles. The Balaban J connectivity index is 1.82. The van der Waals surface area contributed by atoms with Crippen LogP contribution in [0, 0.1) is 0 Å². The zero-order valence-corrected chi connectivity index (χ0v) is 12.8. The summed E-state index contributed by atoms with van der Waals surface area (Å²) in [5.74, 6) is 0.993. The Kier molecular flexibility index (Phi) is 10.0. The van der Waals surface area contributed by atoms with Crippen LogP contribution in [0.15, 0.2) is 30.3 Å². The van der Waals surface area contributed by atoms with Gasteiger partial charge in [0.25, 0.3) is 0 Å². The van der Waals surface area contributed by atoms with Crippen LogP contribution in [0.1, 0.15) is 51.4 Å². The van der Waals surface area contributed by atoms with Crippen molar-refractivity contribution in [3.63, 3.8) is 0 Å². The van der Waals surface area contributed by atoms with Crippen LogP contribution in [-0.4, -0.2) is 11.9 Å². The Hall–Kier alpha value is -0.500. The predicted molar refractivity (Wildman–Crippen MR) is 82.7 cm³/mol. The molecule has 2 heteroatoms. The monoisotopic (exact) mass is 312 g/mol. The molecule has 0 bridgehead atoms. The number of alkyl halides is 1. The Bertz CT molecular complexity index is 274. The van der Waals surface area contributed by atoms with Crippen molar-refractivity contribution in [2.75, 3.05) is 11.9 Å². The van der Waals surface area contributed by atoms with Crippen LogP contribution >= 0.6 is 15.9 Å². The van der Waals surface area contributed by atoms with Crippen LogP contribution in [0.25, 0.3) is 0 Å². The van der Waals surface area contributed by atoms with Crippen LogP contribution in [0.3, 0.4) is 0 Å². The van der Waals surface area contributed by atoms with Gasteiger partial charge in [-0.1, -0.05) is 72.7 Å². The lowest BCUT2D eigenvalue weighted by Crippen LogP contribution is -1.96. The number of hydrogen-bond donors (Lipinski definition) is 0. The maximum absolute atomic E-state index is 5.66. The highest BCUT2D eigenvalue weighted by molar-refractivity contribution is 9.09. The van der Waals surface area contributed by atoms with E-state index in [9.17, 15) is 0 Å². The van der Waals surface area contributed by atoms with E-state index in [-0.39, 0.29) is 0 Å². The molecule has 0 saturated carbocycles. The number of hydrogen-bond acceptors (Lipinski definition) is 1. The highest BCUT2D eigenvalue weighted by Gasteiger charge is 1.94. The molecule has 0 aliphatic rings. The van der Waals surface area contributed by atoms with Crippen molar-refractivity contribution in [2.24, 2.45) is 0 Å². The largest absolute Gasteiger partial charge is 0.494 e. The van der Waals surface area contributed by atoms with Gasteiger partial charge in [0.2, 0.25) is 0 Å². The minimum absolute atomic E-state index is 0.855. The standard InChI is InChI=1S/C16H25BrO/c17-14-10-5-3-1-2-4-6-11-15-18-16-12-8-7-9-13-16/h7-9,12-13H,1-6,10-11,14-15H2. The molecular weight excluding hydrogens is 288 g/mol. The Morgan fingerprint density at radius 3 is 1.89 bits per heavy atom. The average molecular weight is 313 g/mol. The van der Waals surface area contributed by atoms with Gasteiger partial charge < -0.3 is 4.74 Å². The smallest absolute Gasteiger partial charge is 0.119 e. The maximum Gasteiger partial charge on any atom is 0.119 e. The molecule has 1 aromatic carbocycles. The molecular formula is C16H25BrO. The highest BCUT2D eigenvalue weighted by Crippen LogP contribution is 2.11. The molecule has 1 rings (SSSR count). The quantitative estimate of drug-likeness (QED) is 0.383. The van der Waals surface area contributed by atoms with E-state index in [1.165, 1.54) is 51.4 Å². The molecule has 0 unspecified atom stereocenters. The summed E-state index contributed by atoms with van der Waals surface area (Å²) in [6.07, 6.45) is 10.7. The zero-order chi connectivity index (χ0) is 12.9. The van der Waals surface area contributed by atoms with E-state index in [2.05, 4.69) is 15.9 Å². The minimum atomic E-state index is 0.855. The summed E-state index contributed by atoms with van der Waals surface area (Å²) in [6.45, 7) is 0.855. The first-order valence-electron chi connectivity index (χ1n) is 7.17. The SMILES string of the molecule is BrCCCCCCCCCCOc1ccccc1. The maximum atomic E-state index is 5.66. The summed E-state index contributed by atoms with van der Waals surface area (Å²) in [5, 5.41) is 1.16. The third-order valence-corrected chi connectivity index (χ3v) is 3.60. The molecule has 0 fully saturated rings. The van der Waals surface area contributed by atoms with Gasteiger partial charge in [-0.15, -0.1) is 0 Å². The van der Waals surface area contributed by atoms with E-state index in [1.807, 2.05) is 30.3 Å². The van der Waals surface area contributed by atoms with E-state index < -0.39 is 0 Å². The number of para-hydroxylation sites is 1. The molecule has 0 amide bonds. The first kappa shape index (κ1) is 15.6. The molecule has 0 saturated heterocycles. The van der Waals surface area contributed by atoms with Crippen LogP contribution in [0.2, 0.25) is 0 Å². The number of ether oxygens (including phenoxy) is 1. The zero-order valence-electron chi connectivity index (χ0n) is 11.2. The van der Waals surface area contributed by atoms with Gasteiger partial charge in [-0.25, -0.2) is 0 Å². The summed E-state index contributed by atoms with van der Waals surface area (Å²) in [4.78, 5) is 0. The Morgan fingerprint density at radius 1 is 0.722 bits per heavy atom. The second kappa shape index (κ2) is 11.6. The fourth-order valence-corrected chi connectivity index (χ4v) is 2.36. The van der Waals surface area contributed by atoms with Crippen molar-refractivity contribution in [1.82, 2.24) is 0 Å². The lowest BCUT2D eigenvalue weighted by atomic mass is 10.1. The molecule has 0 aliphatic heterocycles. The fraction of sp³-hybridized carbons (Fsp3) is 0.625. The third-order valence-electron chi connectivity index (χ3n) is 3.04. The minimum Gasteiger partial charge on any atom is -0.494 e. The molecule has 0 aliphatic carbocycles. The number of benzene rings is 1. The van der Waals surface area contributed by atoms with E-state index in [1.54, 1.807) is 0 Å². The van der Waals surface area contributed by atoms with Crippen LogP contribution in [0.5, 0.6) is 5.75 Å². The molecule has 18 heavy (non-hydrogen) atoms. The summed E-state index contributed by atoms with van der Waals surface area (Å²) < 4.78 is 5.66. The molecule has 0 heterocycles. The van der Waals surface area contributed by atoms with E-state index in [4.69, 9.17) is 4.74 Å². The van der Waals surface area contributed by atoms with Crippen molar-refractivity contribution in [3.05, 3.63) is 30.3 Å².